The summed E-state index contributed by atoms with van der Waals surface area (Å²) in [6.07, 6.45) is 0.0797. The summed E-state index contributed by atoms with van der Waals surface area (Å²) in [5, 5.41) is 6.06. The van der Waals surface area contributed by atoms with Gasteiger partial charge in [-0.1, -0.05) is 5.16 Å². The number of rotatable bonds is 3. The maximum absolute atomic E-state index is 12.9. The molecule has 1 unspecified atom stereocenters. The molecule has 3 rings (SSSR count). The van der Waals surface area contributed by atoms with E-state index in [1.54, 1.807) is 6.92 Å². The van der Waals surface area contributed by atoms with Crippen LogP contribution in [0.25, 0.3) is 0 Å². The molecule has 0 saturated carbocycles. The number of halogens is 1. The average molecular weight is 304 g/mol. The lowest BCUT2D eigenvalue weighted by Gasteiger charge is -2.16. The van der Waals surface area contributed by atoms with Crippen LogP contribution in [0.4, 0.5) is 16.1 Å². The summed E-state index contributed by atoms with van der Waals surface area (Å²) in [6.45, 7) is 1.86. The van der Waals surface area contributed by atoms with Crippen LogP contribution in [0.5, 0.6) is 0 Å². The van der Waals surface area contributed by atoms with E-state index in [2.05, 4.69) is 15.5 Å². The second-order valence-electron chi connectivity index (χ2n) is 5.02. The summed E-state index contributed by atoms with van der Waals surface area (Å²) >= 11 is 0. The first-order valence-corrected chi connectivity index (χ1v) is 6.70. The highest BCUT2D eigenvalue weighted by atomic mass is 19.1. The fourth-order valence-electron chi connectivity index (χ4n) is 2.31. The molecule has 1 aromatic carbocycles. The second kappa shape index (κ2) is 5.55. The molecule has 1 aromatic heterocycles. The van der Waals surface area contributed by atoms with Crippen LogP contribution < -0.4 is 10.2 Å². The van der Waals surface area contributed by atoms with Crippen molar-refractivity contribution in [3.05, 3.63) is 35.9 Å². The number of carbonyl (C=O) groups is 2. The number of benzene rings is 1. The molecule has 114 valence electrons. The van der Waals surface area contributed by atoms with E-state index in [-0.39, 0.29) is 36.6 Å². The Morgan fingerprint density at radius 3 is 2.77 bits per heavy atom. The number of nitrogens with one attached hydrogen (secondary N) is 1. The molecule has 0 bridgehead atoms. The Labute approximate surface area is 125 Å². The summed E-state index contributed by atoms with van der Waals surface area (Å²) in [7, 11) is 0. The number of nitrogens with zero attached hydrogens (tertiary/aromatic N) is 3. The van der Waals surface area contributed by atoms with Crippen molar-refractivity contribution < 1.29 is 18.5 Å². The van der Waals surface area contributed by atoms with E-state index in [1.165, 1.54) is 29.2 Å². The fourth-order valence-corrected chi connectivity index (χ4v) is 2.31. The summed E-state index contributed by atoms with van der Waals surface area (Å²) in [5.41, 5.74) is 0.565. The molecule has 0 spiro atoms. The topological polar surface area (TPSA) is 88.3 Å². The maximum Gasteiger partial charge on any atom is 0.328 e. The van der Waals surface area contributed by atoms with E-state index < -0.39 is 5.92 Å². The first-order chi connectivity index (χ1) is 10.5. The molecular weight excluding hydrogens is 291 g/mol. The van der Waals surface area contributed by atoms with Crippen LogP contribution >= 0.6 is 0 Å². The van der Waals surface area contributed by atoms with Crippen LogP contribution in [-0.2, 0) is 9.59 Å². The van der Waals surface area contributed by atoms with Gasteiger partial charge in [0.2, 0.25) is 11.8 Å². The van der Waals surface area contributed by atoms with Gasteiger partial charge in [-0.05, 0) is 31.2 Å². The van der Waals surface area contributed by atoms with E-state index in [4.69, 9.17) is 4.52 Å². The first-order valence-electron chi connectivity index (χ1n) is 6.70. The van der Waals surface area contributed by atoms with Crippen molar-refractivity contribution in [2.75, 3.05) is 16.8 Å². The fraction of sp³-hybridized carbons (Fsp3) is 0.286. The Morgan fingerprint density at radius 2 is 2.14 bits per heavy atom. The van der Waals surface area contributed by atoms with Crippen LogP contribution in [0.15, 0.2) is 28.8 Å². The minimum atomic E-state index is -0.523. The molecule has 7 nitrogen and oxygen atoms in total. The third-order valence-electron chi connectivity index (χ3n) is 3.39. The minimum absolute atomic E-state index is 0.00943. The predicted octanol–water partition coefficient (Wildman–Crippen LogP) is 1.51. The minimum Gasteiger partial charge on any atom is -0.315 e. The lowest BCUT2D eigenvalue weighted by atomic mass is 10.1. The third-order valence-corrected chi connectivity index (χ3v) is 3.39. The van der Waals surface area contributed by atoms with Crippen molar-refractivity contribution in [2.24, 2.45) is 5.92 Å². The van der Waals surface area contributed by atoms with Crippen molar-refractivity contribution in [2.45, 2.75) is 13.3 Å². The van der Waals surface area contributed by atoms with E-state index in [1.807, 2.05) is 0 Å². The molecule has 2 aromatic rings. The van der Waals surface area contributed by atoms with Gasteiger partial charge in [0, 0.05) is 18.7 Å². The summed E-state index contributed by atoms with van der Waals surface area (Å²) < 4.78 is 17.7. The van der Waals surface area contributed by atoms with Gasteiger partial charge in [0.05, 0.1) is 5.92 Å². The molecule has 8 heteroatoms. The van der Waals surface area contributed by atoms with Gasteiger partial charge in [-0.2, -0.15) is 4.98 Å². The summed E-state index contributed by atoms with van der Waals surface area (Å²) in [5.74, 6) is -1.04. The van der Waals surface area contributed by atoms with E-state index in [0.29, 0.717) is 11.5 Å². The Morgan fingerprint density at radius 1 is 1.41 bits per heavy atom. The van der Waals surface area contributed by atoms with Gasteiger partial charge in [0.15, 0.2) is 5.82 Å². The molecule has 1 atom stereocenters. The molecule has 22 heavy (non-hydrogen) atoms. The van der Waals surface area contributed by atoms with Gasteiger partial charge >= 0.3 is 6.01 Å². The molecule has 1 aliphatic rings. The second-order valence-corrected chi connectivity index (χ2v) is 5.02. The van der Waals surface area contributed by atoms with E-state index >= 15 is 0 Å². The number of carbonyl (C=O) groups excluding carboxylic acids is 2. The van der Waals surface area contributed by atoms with Crippen molar-refractivity contribution in [1.82, 2.24) is 10.1 Å². The van der Waals surface area contributed by atoms with Crippen molar-refractivity contribution >= 4 is 23.5 Å². The maximum atomic E-state index is 12.9. The largest absolute Gasteiger partial charge is 0.328 e. The first kappa shape index (κ1) is 14.2. The van der Waals surface area contributed by atoms with Crippen LogP contribution in [0.3, 0.4) is 0 Å². The highest BCUT2D eigenvalue weighted by Crippen LogP contribution is 2.26. The van der Waals surface area contributed by atoms with E-state index in [9.17, 15) is 14.0 Å². The molecule has 1 saturated heterocycles. The molecule has 0 radical (unpaired) electrons. The number of hydrogen-bond donors (Lipinski definition) is 1. The van der Waals surface area contributed by atoms with E-state index in [0.717, 1.165) is 0 Å². The van der Waals surface area contributed by atoms with Gasteiger partial charge in [-0.15, -0.1) is 0 Å². The normalized spacial score (nSPS) is 17.8. The van der Waals surface area contributed by atoms with Gasteiger partial charge in [0.25, 0.3) is 0 Å². The molecule has 2 heterocycles. The van der Waals surface area contributed by atoms with Gasteiger partial charge in [0.1, 0.15) is 5.82 Å². The zero-order valence-corrected chi connectivity index (χ0v) is 11.7. The smallest absolute Gasteiger partial charge is 0.315 e. The number of anilines is 2. The zero-order valence-electron chi connectivity index (χ0n) is 11.7. The number of aryl methyl sites for hydroxylation is 1. The average Bonchev–Trinajstić information content (AvgIpc) is 3.06. The number of aromatic nitrogens is 2. The molecule has 1 aliphatic heterocycles. The number of hydrogen-bond acceptors (Lipinski definition) is 5. The van der Waals surface area contributed by atoms with Crippen molar-refractivity contribution in [1.29, 1.82) is 0 Å². The molecular formula is C14H13FN4O3. The quantitative estimate of drug-likeness (QED) is 0.928. The number of amides is 2. The molecule has 2 amide bonds. The van der Waals surface area contributed by atoms with Crippen LogP contribution in [-0.4, -0.2) is 28.5 Å². The highest BCUT2D eigenvalue weighted by Gasteiger charge is 2.35. The SMILES string of the molecule is Cc1noc(NC(=O)C2CC(=O)N(c3ccc(F)cc3)C2)n1. The Bertz CT molecular complexity index is 713. The predicted molar refractivity (Wildman–Crippen MR) is 74.5 cm³/mol. The monoisotopic (exact) mass is 304 g/mol. The van der Waals surface area contributed by atoms with Crippen molar-refractivity contribution in [3.8, 4) is 0 Å². The van der Waals surface area contributed by atoms with Gasteiger partial charge in [-0.25, -0.2) is 4.39 Å². The van der Waals surface area contributed by atoms with Gasteiger partial charge in [-0.3, -0.25) is 14.9 Å². The molecule has 0 aliphatic carbocycles. The van der Waals surface area contributed by atoms with Crippen LogP contribution in [0.1, 0.15) is 12.2 Å². The standard InChI is InChI=1S/C14H13FN4O3/c1-8-16-14(22-18-8)17-13(21)9-6-12(20)19(7-9)11-4-2-10(15)3-5-11/h2-5,9H,6-7H2,1H3,(H,16,17,18,21). The molecule has 1 N–H and O–H groups in total. The summed E-state index contributed by atoms with van der Waals surface area (Å²) in [6, 6.07) is 5.58. The van der Waals surface area contributed by atoms with Crippen LogP contribution in [0.2, 0.25) is 0 Å². The Kier molecular flexibility index (Phi) is 3.58. The highest BCUT2D eigenvalue weighted by molar-refractivity contribution is 6.02. The third kappa shape index (κ3) is 2.80. The zero-order chi connectivity index (χ0) is 15.7. The Balaban J connectivity index is 1.68. The van der Waals surface area contributed by atoms with Crippen molar-refractivity contribution in [3.63, 3.8) is 0 Å². The lowest BCUT2D eigenvalue weighted by molar-refractivity contribution is -0.122. The van der Waals surface area contributed by atoms with Crippen LogP contribution in [0, 0.1) is 18.7 Å². The summed E-state index contributed by atoms with van der Waals surface area (Å²) in [4.78, 5) is 29.5. The molecule has 1 fully saturated rings. The Hall–Kier alpha value is -2.77. The van der Waals surface area contributed by atoms with Gasteiger partial charge < -0.3 is 9.42 Å². The lowest BCUT2D eigenvalue weighted by Crippen LogP contribution is -2.28.